The van der Waals surface area contributed by atoms with Crippen molar-refractivity contribution in [2.24, 2.45) is 0 Å². The average molecular weight is 490 g/mol. The number of carbonyl (C=O) groups excluding carboxylic acids is 1. The van der Waals surface area contributed by atoms with Crippen molar-refractivity contribution in [3.63, 3.8) is 0 Å². The summed E-state index contributed by atoms with van der Waals surface area (Å²) in [5, 5.41) is 5.19. The molecule has 1 heterocycles. The lowest BCUT2D eigenvalue weighted by atomic mass is 10.1. The summed E-state index contributed by atoms with van der Waals surface area (Å²) >= 11 is 1.33. The van der Waals surface area contributed by atoms with Crippen LogP contribution in [0.3, 0.4) is 0 Å². The molecular formula is C23H27N3O5S2. The lowest BCUT2D eigenvalue weighted by Gasteiger charge is -2.24. The minimum absolute atomic E-state index is 0.0835. The predicted molar refractivity (Wildman–Crippen MR) is 130 cm³/mol. The molecule has 10 heteroatoms. The Morgan fingerprint density at radius 3 is 2.45 bits per heavy atom. The number of carbonyl (C=O) groups is 1. The van der Waals surface area contributed by atoms with Crippen LogP contribution in [0.15, 0.2) is 52.7 Å². The highest BCUT2D eigenvalue weighted by atomic mass is 32.2. The maximum atomic E-state index is 12.6. The molecule has 1 atom stereocenters. The van der Waals surface area contributed by atoms with Crippen LogP contribution < -0.4 is 14.8 Å². The van der Waals surface area contributed by atoms with Gasteiger partial charge >= 0.3 is 0 Å². The van der Waals surface area contributed by atoms with Gasteiger partial charge < -0.3 is 14.8 Å². The summed E-state index contributed by atoms with van der Waals surface area (Å²) in [4.78, 5) is 19.3. The number of amides is 1. The van der Waals surface area contributed by atoms with Crippen molar-refractivity contribution >= 4 is 32.2 Å². The molecule has 2 aromatic carbocycles. The number of sulfone groups is 1. The van der Waals surface area contributed by atoms with Gasteiger partial charge in [0.2, 0.25) is 5.91 Å². The smallest absolute Gasteiger partial charge is 0.240 e. The van der Waals surface area contributed by atoms with Gasteiger partial charge in [-0.1, -0.05) is 12.1 Å². The molecule has 3 rings (SSSR count). The van der Waals surface area contributed by atoms with Gasteiger partial charge in [0.1, 0.15) is 11.5 Å². The number of aromatic nitrogens is 1. The number of nitrogens with one attached hydrogen (secondary N) is 1. The Morgan fingerprint density at radius 2 is 1.85 bits per heavy atom. The van der Waals surface area contributed by atoms with Crippen LogP contribution in [0.2, 0.25) is 0 Å². The fraction of sp³-hybridized carbons (Fsp3) is 0.304. The Labute approximate surface area is 198 Å². The minimum atomic E-state index is -3.24. The first-order valence-electron chi connectivity index (χ1n) is 10.1. The van der Waals surface area contributed by atoms with Crippen LogP contribution in [0, 0.1) is 0 Å². The molecule has 0 saturated heterocycles. The standard InChI is InChI=1S/C23H27N3O5S2/c1-15(16-6-9-18(10-7-16)33(5,28)29)26(2)13-22(27)25-23-24-20(14-32-23)19-11-8-17(30-3)12-21(19)31-4/h6-12,14-15H,13H2,1-5H3,(H,24,25,27). The van der Waals surface area contributed by atoms with Crippen molar-refractivity contribution < 1.29 is 22.7 Å². The summed E-state index contributed by atoms with van der Waals surface area (Å²) in [7, 11) is 1.77. The summed E-state index contributed by atoms with van der Waals surface area (Å²) in [6.45, 7) is 2.11. The number of benzene rings is 2. The number of rotatable bonds is 9. The van der Waals surface area contributed by atoms with Gasteiger partial charge in [-0.2, -0.15) is 0 Å². The Morgan fingerprint density at radius 1 is 1.15 bits per heavy atom. The number of nitrogens with zero attached hydrogens (tertiary/aromatic N) is 2. The third-order valence-electron chi connectivity index (χ3n) is 5.28. The van der Waals surface area contributed by atoms with E-state index in [-0.39, 0.29) is 23.4 Å². The quantitative estimate of drug-likeness (QED) is 0.487. The lowest BCUT2D eigenvalue weighted by Crippen LogP contribution is -2.32. The molecule has 0 saturated carbocycles. The molecular weight excluding hydrogens is 462 g/mol. The van der Waals surface area contributed by atoms with Crippen LogP contribution in [0.25, 0.3) is 11.3 Å². The van der Waals surface area contributed by atoms with Gasteiger partial charge in [-0.15, -0.1) is 11.3 Å². The van der Waals surface area contributed by atoms with Crippen molar-refractivity contribution in [1.82, 2.24) is 9.88 Å². The number of thiazole rings is 1. The molecule has 0 aliphatic rings. The van der Waals surface area contributed by atoms with E-state index in [1.54, 1.807) is 44.6 Å². The Hall–Kier alpha value is -2.95. The van der Waals surface area contributed by atoms with E-state index in [1.165, 1.54) is 17.6 Å². The summed E-state index contributed by atoms with van der Waals surface area (Å²) in [5.41, 5.74) is 2.42. The number of hydrogen-bond acceptors (Lipinski definition) is 8. The number of hydrogen-bond donors (Lipinski definition) is 1. The molecule has 3 aromatic rings. The fourth-order valence-electron chi connectivity index (χ4n) is 3.24. The molecule has 0 radical (unpaired) electrons. The Balaban J connectivity index is 1.64. The van der Waals surface area contributed by atoms with E-state index in [2.05, 4.69) is 10.3 Å². The third kappa shape index (κ3) is 6.10. The van der Waals surface area contributed by atoms with Crippen molar-refractivity contribution in [3.05, 3.63) is 53.4 Å². The fourth-order valence-corrected chi connectivity index (χ4v) is 4.59. The average Bonchev–Trinajstić information content (AvgIpc) is 3.25. The lowest BCUT2D eigenvalue weighted by molar-refractivity contribution is -0.117. The largest absolute Gasteiger partial charge is 0.497 e. The second-order valence-electron chi connectivity index (χ2n) is 7.58. The first-order chi connectivity index (χ1) is 15.6. The van der Waals surface area contributed by atoms with E-state index < -0.39 is 9.84 Å². The predicted octanol–water partition coefficient (Wildman–Crippen LogP) is 3.86. The van der Waals surface area contributed by atoms with Crippen LogP contribution in [-0.2, 0) is 14.6 Å². The van der Waals surface area contributed by atoms with Gasteiger partial charge in [0, 0.05) is 29.3 Å². The first-order valence-corrected chi connectivity index (χ1v) is 12.9. The van der Waals surface area contributed by atoms with Gasteiger partial charge in [-0.05, 0) is 43.8 Å². The van der Waals surface area contributed by atoms with E-state index in [9.17, 15) is 13.2 Å². The van der Waals surface area contributed by atoms with Crippen LogP contribution in [0.1, 0.15) is 18.5 Å². The molecule has 1 N–H and O–H groups in total. The topological polar surface area (TPSA) is 97.8 Å². The van der Waals surface area contributed by atoms with E-state index in [0.717, 1.165) is 11.1 Å². The van der Waals surface area contributed by atoms with Crippen LogP contribution >= 0.6 is 11.3 Å². The van der Waals surface area contributed by atoms with E-state index in [0.29, 0.717) is 22.3 Å². The molecule has 0 spiro atoms. The van der Waals surface area contributed by atoms with Gasteiger partial charge in [-0.3, -0.25) is 9.69 Å². The number of anilines is 1. The highest BCUT2D eigenvalue weighted by molar-refractivity contribution is 7.90. The van der Waals surface area contributed by atoms with E-state index >= 15 is 0 Å². The molecule has 1 aromatic heterocycles. The van der Waals surface area contributed by atoms with E-state index in [4.69, 9.17) is 9.47 Å². The molecule has 0 fully saturated rings. The van der Waals surface area contributed by atoms with E-state index in [1.807, 2.05) is 36.4 Å². The van der Waals surface area contributed by atoms with Gasteiger partial charge in [0.25, 0.3) is 0 Å². The summed E-state index contributed by atoms with van der Waals surface area (Å²) in [6, 6.07) is 12.1. The second-order valence-corrected chi connectivity index (χ2v) is 10.5. The summed E-state index contributed by atoms with van der Waals surface area (Å²) < 4.78 is 34.0. The summed E-state index contributed by atoms with van der Waals surface area (Å²) in [6.07, 6.45) is 1.18. The van der Waals surface area contributed by atoms with Crippen LogP contribution in [0.4, 0.5) is 5.13 Å². The normalized spacial score (nSPS) is 12.4. The van der Waals surface area contributed by atoms with Crippen LogP contribution in [0.5, 0.6) is 11.5 Å². The zero-order chi connectivity index (χ0) is 24.2. The maximum absolute atomic E-state index is 12.6. The highest BCUT2D eigenvalue weighted by Crippen LogP contribution is 2.34. The zero-order valence-electron chi connectivity index (χ0n) is 19.2. The van der Waals surface area contributed by atoms with Gasteiger partial charge in [0.05, 0.1) is 31.4 Å². The molecule has 0 bridgehead atoms. The SMILES string of the molecule is COc1ccc(-c2csc(NC(=O)CN(C)C(C)c3ccc(S(C)(=O)=O)cc3)n2)c(OC)c1. The van der Waals surface area contributed by atoms with Crippen molar-refractivity contribution in [2.45, 2.75) is 17.9 Å². The second kappa shape index (κ2) is 10.3. The first kappa shape index (κ1) is 24.7. The summed E-state index contributed by atoms with van der Waals surface area (Å²) in [5.74, 6) is 1.12. The molecule has 176 valence electrons. The highest BCUT2D eigenvalue weighted by Gasteiger charge is 2.18. The molecule has 0 aliphatic heterocycles. The Bertz CT molecular complexity index is 1220. The number of methoxy groups -OCH3 is 2. The monoisotopic (exact) mass is 489 g/mol. The third-order valence-corrected chi connectivity index (χ3v) is 7.17. The van der Waals surface area contributed by atoms with Crippen molar-refractivity contribution in [1.29, 1.82) is 0 Å². The molecule has 1 unspecified atom stereocenters. The molecule has 1 amide bonds. The zero-order valence-corrected chi connectivity index (χ0v) is 20.8. The van der Waals surface area contributed by atoms with Crippen molar-refractivity contribution in [2.75, 3.05) is 39.4 Å². The van der Waals surface area contributed by atoms with Crippen LogP contribution in [-0.4, -0.2) is 58.3 Å². The molecule has 33 heavy (non-hydrogen) atoms. The van der Waals surface area contributed by atoms with Crippen molar-refractivity contribution in [3.8, 4) is 22.8 Å². The number of likely N-dealkylation sites (N-methyl/N-ethyl adjacent to an activating group) is 1. The maximum Gasteiger partial charge on any atom is 0.240 e. The van der Waals surface area contributed by atoms with Gasteiger partial charge in [-0.25, -0.2) is 13.4 Å². The minimum Gasteiger partial charge on any atom is -0.497 e. The molecule has 0 aliphatic carbocycles. The number of ether oxygens (including phenoxy) is 2. The van der Waals surface area contributed by atoms with Gasteiger partial charge in [0.15, 0.2) is 15.0 Å². The Kier molecular flexibility index (Phi) is 7.72. The molecule has 8 nitrogen and oxygen atoms in total.